The van der Waals surface area contributed by atoms with E-state index in [2.05, 4.69) is 26.6 Å². The summed E-state index contributed by atoms with van der Waals surface area (Å²) in [5.74, 6) is 1.07. The van der Waals surface area contributed by atoms with Gasteiger partial charge in [0.25, 0.3) is 11.6 Å². The number of rotatable bonds is 5. The molecule has 4 fully saturated rings. The van der Waals surface area contributed by atoms with Crippen LogP contribution in [0.1, 0.15) is 29.6 Å². The van der Waals surface area contributed by atoms with Gasteiger partial charge in [0, 0.05) is 49.3 Å². The van der Waals surface area contributed by atoms with Crippen molar-refractivity contribution in [1.82, 2.24) is 15.1 Å². The number of ether oxygens (including phenoxy) is 1. The van der Waals surface area contributed by atoms with Gasteiger partial charge in [-0.05, 0) is 43.7 Å². The summed E-state index contributed by atoms with van der Waals surface area (Å²) >= 11 is 3.33. The molecule has 184 valence electrons. The summed E-state index contributed by atoms with van der Waals surface area (Å²) < 4.78 is 5.83. The maximum Gasteiger partial charge on any atom is 0.294 e. The number of halogens is 1. The lowest BCUT2D eigenvalue weighted by atomic mass is 9.95. The van der Waals surface area contributed by atoms with Gasteiger partial charge in [-0.3, -0.25) is 19.7 Å². The van der Waals surface area contributed by atoms with Crippen LogP contribution in [0.5, 0.6) is 0 Å². The van der Waals surface area contributed by atoms with Crippen LogP contribution in [0, 0.1) is 27.9 Å². The standard InChI is InChI=1S/C23H30BrN5O5/c24-15-9-18(22(30)27-4-6-34-7-5-27)21(20(10-15)29(32)33)26-16-2-1-3-28(13-16)23(31)19-12-25-11-14-8-17(14)19/h9-10,14,16-17,19,25-26H,1-8,11-13H2/t14?,16-,17?,19?/m1/s1. The van der Waals surface area contributed by atoms with E-state index in [1.54, 1.807) is 11.0 Å². The monoisotopic (exact) mass is 535 g/mol. The Morgan fingerprint density at radius 2 is 1.97 bits per heavy atom. The summed E-state index contributed by atoms with van der Waals surface area (Å²) in [6.45, 7) is 4.70. The first-order valence-electron chi connectivity index (χ1n) is 12.0. The number of amides is 2. The van der Waals surface area contributed by atoms with Crippen LogP contribution in [0.2, 0.25) is 0 Å². The molecule has 3 unspecified atom stereocenters. The molecule has 4 atom stereocenters. The number of hydrogen-bond acceptors (Lipinski definition) is 7. The fraction of sp³-hybridized carbons (Fsp3) is 0.652. The number of likely N-dealkylation sites (tertiary alicyclic amines) is 1. The fourth-order valence-electron chi connectivity index (χ4n) is 5.57. The van der Waals surface area contributed by atoms with Gasteiger partial charge in [0.05, 0.1) is 29.6 Å². The number of benzene rings is 1. The first kappa shape index (κ1) is 23.5. The van der Waals surface area contributed by atoms with Crippen molar-refractivity contribution >= 4 is 39.1 Å². The van der Waals surface area contributed by atoms with E-state index >= 15 is 0 Å². The van der Waals surface area contributed by atoms with Gasteiger partial charge in [-0.1, -0.05) is 15.9 Å². The van der Waals surface area contributed by atoms with Gasteiger partial charge in [0.2, 0.25) is 5.91 Å². The highest BCUT2D eigenvalue weighted by Crippen LogP contribution is 2.46. The van der Waals surface area contributed by atoms with Crippen LogP contribution >= 0.6 is 15.9 Å². The van der Waals surface area contributed by atoms with E-state index in [1.165, 1.54) is 6.07 Å². The van der Waals surface area contributed by atoms with Crippen LogP contribution in [-0.2, 0) is 9.53 Å². The number of carbonyl (C=O) groups is 2. The average molecular weight is 536 g/mol. The molecule has 2 amide bonds. The Morgan fingerprint density at radius 1 is 1.18 bits per heavy atom. The predicted octanol–water partition coefficient (Wildman–Crippen LogP) is 2.09. The summed E-state index contributed by atoms with van der Waals surface area (Å²) in [5, 5.41) is 18.6. The van der Waals surface area contributed by atoms with E-state index < -0.39 is 4.92 Å². The van der Waals surface area contributed by atoms with Crippen LogP contribution in [0.25, 0.3) is 0 Å². The fourth-order valence-corrected chi connectivity index (χ4v) is 6.02. The van der Waals surface area contributed by atoms with Crippen LogP contribution in [0.4, 0.5) is 11.4 Å². The molecule has 2 N–H and O–H groups in total. The van der Waals surface area contributed by atoms with Gasteiger partial charge >= 0.3 is 0 Å². The van der Waals surface area contributed by atoms with Gasteiger partial charge in [-0.25, -0.2) is 0 Å². The lowest BCUT2D eigenvalue weighted by Crippen LogP contribution is -2.50. The minimum absolute atomic E-state index is 0.0259. The minimum Gasteiger partial charge on any atom is -0.378 e. The highest BCUT2D eigenvalue weighted by Gasteiger charge is 2.49. The molecule has 0 bridgehead atoms. The molecule has 1 aromatic rings. The molecule has 34 heavy (non-hydrogen) atoms. The average Bonchev–Trinajstić information content (AvgIpc) is 3.64. The summed E-state index contributed by atoms with van der Waals surface area (Å²) in [6.07, 6.45) is 2.71. The number of nitro groups is 1. The number of nitrogens with zero attached hydrogens (tertiary/aromatic N) is 3. The number of carbonyl (C=O) groups excluding carboxylic acids is 2. The Balaban J connectivity index is 1.36. The lowest BCUT2D eigenvalue weighted by molar-refractivity contribution is -0.384. The number of nitrogens with one attached hydrogen (secondary N) is 2. The number of fused-ring (bicyclic) bond motifs is 1. The minimum atomic E-state index is -0.462. The first-order valence-corrected chi connectivity index (χ1v) is 12.8. The molecule has 0 spiro atoms. The Labute approximate surface area is 206 Å². The number of hydrogen-bond donors (Lipinski definition) is 2. The highest BCUT2D eigenvalue weighted by atomic mass is 79.9. The molecular weight excluding hydrogens is 506 g/mol. The molecule has 3 aliphatic heterocycles. The molecule has 10 nitrogen and oxygen atoms in total. The number of nitro benzene ring substituents is 1. The summed E-state index contributed by atoms with van der Waals surface area (Å²) in [5.41, 5.74) is 0.348. The van der Waals surface area contributed by atoms with Gasteiger partial charge in [0.1, 0.15) is 5.69 Å². The van der Waals surface area contributed by atoms with E-state index in [9.17, 15) is 19.7 Å². The van der Waals surface area contributed by atoms with Crippen LogP contribution in [-0.4, -0.2) is 85.1 Å². The second-order valence-electron chi connectivity index (χ2n) is 9.70. The Kier molecular flexibility index (Phi) is 6.76. The lowest BCUT2D eigenvalue weighted by Gasteiger charge is -2.37. The summed E-state index contributed by atoms with van der Waals surface area (Å²) in [4.78, 5) is 41.6. The zero-order chi connectivity index (χ0) is 23.8. The number of morpholine rings is 1. The van der Waals surface area contributed by atoms with E-state index in [4.69, 9.17) is 4.74 Å². The second-order valence-corrected chi connectivity index (χ2v) is 10.6. The smallest absolute Gasteiger partial charge is 0.294 e. The van der Waals surface area contributed by atoms with E-state index in [0.29, 0.717) is 55.7 Å². The third-order valence-electron chi connectivity index (χ3n) is 7.47. The third-order valence-corrected chi connectivity index (χ3v) is 7.93. The largest absolute Gasteiger partial charge is 0.378 e. The van der Waals surface area contributed by atoms with Crippen LogP contribution in [0.3, 0.4) is 0 Å². The molecule has 1 aliphatic carbocycles. The van der Waals surface area contributed by atoms with Crippen molar-refractivity contribution in [3.63, 3.8) is 0 Å². The zero-order valence-corrected chi connectivity index (χ0v) is 20.6. The van der Waals surface area contributed by atoms with Crippen molar-refractivity contribution in [2.24, 2.45) is 17.8 Å². The molecule has 4 aliphatic rings. The van der Waals surface area contributed by atoms with Crippen LogP contribution in [0.15, 0.2) is 16.6 Å². The quantitative estimate of drug-likeness (QED) is 0.437. The van der Waals surface area contributed by atoms with E-state index in [-0.39, 0.29) is 40.7 Å². The Bertz CT molecular complexity index is 985. The highest BCUT2D eigenvalue weighted by molar-refractivity contribution is 9.10. The van der Waals surface area contributed by atoms with E-state index in [1.807, 2.05) is 4.90 Å². The summed E-state index contributed by atoms with van der Waals surface area (Å²) in [6, 6.07) is 2.89. The van der Waals surface area contributed by atoms with Crippen molar-refractivity contribution < 1.29 is 19.2 Å². The van der Waals surface area contributed by atoms with Crippen molar-refractivity contribution in [2.45, 2.75) is 25.3 Å². The molecule has 1 saturated carbocycles. The van der Waals surface area contributed by atoms with Crippen LogP contribution < -0.4 is 10.6 Å². The Morgan fingerprint density at radius 3 is 2.74 bits per heavy atom. The maximum atomic E-state index is 13.3. The molecule has 11 heteroatoms. The molecule has 0 radical (unpaired) electrons. The molecule has 3 heterocycles. The second kappa shape index (κ2) is 9.79. The maximum absolute atomic E-state index is 13.3. The molecule has 3 saturated heterocycles. The first-order chi connectivity index (χ1) is 16.4. The molecule has 1 aromatic carbocycles. The van der Waals surface area contributed by atoms with Crippen molar-refractivity contribution in [2.75, 3.05) is 57.8 Å². The molecule has 0 aromatic heterocycles. The van der Waals surface area contributed by atoms with Crippen molar-refractivity contribution in [1.29, 1.82) is 0 Å². The zero-order valence-electron chi connectivity index (χ0n) is 19.0. The number of anilines is 1. The summed E-state index contributed by atoms with van der Waals surface area (Å²) in [7, 11) is 0. The van der Waals surface area contributed by atoms with Crippen molar-refractivity contribution in [3.05, 3.63) is 32.3 Å². The topological polar surface area (TPSA) is 117 Å². The molecular formula is C23H30BrN5O5. The normalized spacial score (nSPS) is 28.7. The SMILES string of the molecule is O=C(c1cc(Br)cc([N+](=O)[O-])c1N[C@@H]1CCCN(C(=O)C2CNCC3CC32)C1)N1CCOCC1. The van der Waals surface area contributed by atoms with Gasteiger partial charge in [-0.15, -0.1) is 0 Å². The Hall–Kier alpha value is -2.24. The van der Waals surface area contributed by atoms with Gasteiger partial charge < -0.3 is 25.2 Å². The predicted molar refractivity (Wildman–Crippen MR) is 129 cm³/mol. The van der Waals surface area contributed by atoms with Crippen molar-refractivity contribution in [3.8, 4) is 0 Å². The third kappa shape index (κ3) is 4.78. The molecule has 5 rings (SSSR count). The number of piperidine rings is 2. The van der Waals surface area contributed by atoms with Gasteiger partial charge in [-0.2, -0.15) is 0 Å². The van der Waals surface area contributed by atoms with Gasteiger partial charge in [0.15, 0.2) is 0 Å². The van der Waals surface area contributed by atoms with E-state index in [0.717, 1.165) is 32.4 Å².